The highest BCUT2D eigenvalue weighted by molar-refractivity contribution is 6.47. The molecule has 3 saturated carbocycles. The van der Waals surface area contributed by atoms with E-state index in [0.717, 1.165) is 18.4 Å². The van der Waals surface area contributed by atoms with Crippen molar-refractivity contribution in [3.63, 3.8) is 0 Å². The molecule has 252 valence electrons. The van der Waals surface area contributed by atoms with Crippen molar-refractivity contribution in [3.05, 3.63) is 95.6 Å². The number of hydrogen-bond acceptors (Lipinski definition) is 5. The number of nitrogens with one attached hydrogen (secondary N) is 1. The monoisotopic (exact) mass is 647 g/mol. The fourth-order valence-electron chi connectivity index (χ4n) is 9.30. The third-order valence-corrected chi connectivity index (χ3v) is 12.1. The third-order valence-electron chi connectivity index (χ3n) is 12.1. The molecular formula is C41H50BNO5. The number of aryl methyl sites for hydroxylation is 1. The molecule has 0 aromatic heterocycles. The van der Waals surface area contributed by atoms with Gasteiger partial charge in [-0.2, -0.15) is 0 Å². The molecular weight excluding hydrogens is 597 g/mol. The number of fused-ring (bicyclic) bond motifs is 3. The lowest BCUT2D eigenvalue weighted by Gasteiger charge is -2.64. The molecule has 1 saturated heterocycles. The van der Waals surface area contributed by atoms with Crippen molar-refractivity contribution in [2.24, 2.45) is 29.1 Å². The van der Waals surface area contributed by atoms with E-state index in [1.807, 2.05) is 42.5 Å². The first-order valence-corrected chi connectivity index (χ1v) is 18.1. The Morgan fingerprint density at radius 3 is 2.21 bits per heavy atom. The van der Waals surface area contributed by atoms with E-state index in [1.54, 1.807) is 0 Å². The number of rotatable bonds is 12. The normalized spacial score (nSPS) is 26.2. The van der Waals surface area contributed by atoms with Gasteiger partial charge in [0.15, 0.2) is 0 Å². The van der Waals surface area contributed by atoms with E-state index in [2.05, 4.69) is 76.3 Å². The Balaban J connectivity index is 1.05. The number of carbonyl (C=O) groups excluding carboxylic acids is 2. The Labute approximate surface area is 286 Å². The van der Waals surface area contributed by atoms with E-state index in [-0.39, 0.29) is 53.9 Å². The van der Waals surface area contributed by atoms with Crippen LogP contribution in [-0.2, 0) is 30.1 Å². The zero-order valence-electron chi connectivity index (χ0n) is 29.1. The number of carbonyl (C=O) groups is 2. The van der Waals surface area contributed by atoms with Crippen molar-refractivity contribution < 1.29 is 23.6 Å². The maximum absolute atomic E-state index is 14.2. The summed E-state index contributed by atoms with van der Waals surface area (Å²) < 4.78 is 19.4. The van der Waals surface area contributed by atoms with Gasteiger partial charge in [0.1, 0.15) is 6.61 Å². The molecule has 1 aliphatic heterocycles. The molecule has 0 spiro atoms. The molecule has 1 heterocycles. The second-order valence-electron chi connectivity index (χ2n) is 15.9. The van der Waals surface area contributed by atoms with Gasteiger partial charge in [-0.1, -0.05) is 107 Å². The third kappa shape index (κ3) is 6.13. The molecule has 7 heteroatoms. The smallest absolute Gasteiger partial charge is 0.465 e. The quantitative estimate of drug-likeness (QED) is 0.161. The van der Waals surface area contributed by atoms with E-state index in [9.17, 15) is 9.59 Å². The van der Waals surface area contributed by atoms with Crippen LogP contribution in [0.1, 0.15) is 89.3 Å². The van der Waals surface area contributed by atoms with Gasteiger partial charge in [0.25, 0.3) is 0 Å². The molecule has 2 bridgehead atoms. The summed E-state index contributed by atoms with van der Waals surface area (Å²) in [5, 5.41) is 3.33. The lowest BCUT2D eigenvalue weighted by Crippen LogP contribution is -2.65. The highest BCUT2D eigenvalue weighted by Crippen LogP contribution is 2.65. The first-order valence-electron chi connectivity index (χ1n) is 18.1. The fourth-order valence-corrected chi connectivity index (χ4v) is 9.30. The summed E-state index contributed by atoms with van der Waals surface area (Å²) >= 11 is 0. The van der Waals surface area contributed by atoms with Crippen molar-refractivity contribution in [3.8, 4) is 11.1 Å². The van der Waals surface area contributed by atoms with Gasteiger partial charge in [0, 0.05) is 11.8 Å². The molecule has 3 aromatic rings. The van der Waals surface area contributed by atoms with E-state index in [0.29, 0.717) is 30.6 Å². The van der Waals surface area contributed by atoms with Gasteiger partial charge in [-0.25, -0.2) is 0 Å². The van der Waals surface area contributed by atoms with E-state index in [1.165, 1.54) is 28.7 Å². The van der Waals surface area contributed by atoms with Crippen LogP contribution in [0.4, 0.5) is 0 Å². The van der Waals surface area contributed by atoms with Crippen LogP contribution < -0.4 is 5.32 Å². The molecule has 1 N–H and O–H groups in total. The second kappa shape index (κ2) is 13.1. The standard InChI is InChI=1S/C41H50BNO5/c1-26(2)21-37(42-47-36-24-29-23-35(40(29,3)4)41(36,5)48-42)43-39(45)28(20-19-27-13-7-6-8-14-27)22-38(44)46-25-34-32-17-11-9-15-30(32)31-16-10-12-18-33(31)34/h6-18,26,28-29,34-37H,19-25H2,1-5H3,(H,43,45)/t28-,29+,35+,36-,37+,41+/m1/s1. The number of benzene rings is 3. The van der Waals surface area contributed by atoms with Crippen LogP contribution in [0, 0.1) is 29.1 Å². The van der Waals surface area contributed by atoms with E-state index < -0.39 is 13.0 Å². The largest absolute Gasteiger partial charge is 0.481 e. The highest BCUT2D eigenvalue weighted by Gasteiger charge is 2.68. The first-order chi connectivity index (χ1) is 23.0. The number of esters is 1. The first kappa shape index (κ1) is 33.1. The molecule has 6 nitrogen and oxygen atoms in total. The molecule has 6 atom stereocenters. The summed E-state index contributed by atoms with van der Waals surface area (Å²) in [6, 6.07) is 26.8. The molecule has 5 aliphatic rings. The van der Waals surface area contributed by atoms with E-state index >= 15 is 0 Å². The Kier molecular flexibility index (Phi) is 9.05. The predicted octanol–water partition coefficient (Wildman–Crippen LogP) is 7.78. The number of hydrogen-bond donors (Lipinski definition) is 1. The van der Waals surface area contributed by atoms with Gasteiger partial charge >= 0.3 is 13.1 Å². The van der Waals surface area contributed by atoms with Crippen LogP contribution in [0.2, 0.25) is 0 Å². The molecule has 1 amide bonds. The van der Waals surface area contributed by atoms with Crippen molar-refractivity contribution in [2.75, 3.05) is 6.61 Å². The van der Waals surface area contributed by atoms with Crippen LogP contribution in [0.5, 0.6) is 0 Å². The molecule has 0 radical (unpaired) electrons. The summed E-state index contributed by atoms with van der Waals surface area (Å²) in [6.07, 6.45) is 4.21. The van der Waals surface area contributed by atoms with Gasteiger partial charge in [0.05, 0.1) is 24.1 Å². The summed E-state index contributed by atoms with van der Waals surface area (Å²) in [4.78, 5) is 27.7. The zero-order valence-corrected chi connectivity index (χ0v) is 29.1. The van der Waals surface area contributed by atoms with Gasteiger partial charge in [-0.15, -0.1) is 0 Å². The second-order valence-corrected chi connectivity index (χ2v) is 15.9. The maximum atomic E-state index is 14.2. The lowest BCUT2D eigenvalue weighted by molar-refractivity contribution is -0.199. The molecule has 3 aromatic carbocycles. The molecule has 4 aliphatic carbocycles. The van der Waals surface area contributed by atoms with E-state index in [4.69, 9.17) is 14.0 Å². The summed E-state index contributed by atoms with van der Waals surface area (Å²) in [6.45, 7) is 11.5. The summed E-state index contributed by atoms with van der Waals surface area (Å²) in [5.41, 5.74) is 5.76. The van der Waals surface area contributed by atoms with Crippen LogP contribution in [0.25, 0.3) is 11.1 Å². The fraction of sp³-hybridized carbons (Fsp3) is 0.512. The molecule has 4 fully saturated rings. The van der Waals surface area contributed by atoms with Crippen LogP contribution in [0.15, 0.2) is 78.9 Å². The maximum Gasteiger partial charge on any atom is 0.481 e. The Hall–Kier alpha value is -3.42. The lowest BCUT2D eigenvalue weighted by atomic mass is 9.43. The summed E-state index contributed by atoms with van der Waals surface area (Å²) in [5.74, 6) is 0.0748. The topological polar surface area (TPSA) is 73.9 Å². The van der Waals surface area contributed by atoms with Gasteiger partial charge < -0.3 is 19.4 Å². The predicted molar refractivity (Wildman–Crippen MR) is 189 cm³/mol. The van der Waals surface area contributed by atoms with Gasteiger partial charge in [-0.3, -0.25) is 9.59 Å². The molecule has 8 rings (SSSR count). The van der Waals surface area contributed by atoms with Crippen molar-refractivity contribution in [1.82, 2.24) is 5.32 Å². The van der Waals surface area contributed by atoms with Crippen molar-refractivity contribution in [2.45, 2.75) is 96.7 Å². The van der Waals surface area contributed by atoms with Crippen LogP contribution in [0.3, 0.4) is 0 Å². The summed E-state index contributed by atoms with van der Waals surface area (Å²) in [7, 11) is -0.509. The average molecular weight is 648 g/mol. The molecule has 48 heavy (non-hydrogen) atoms. The van der Waals surface area contributed by atoms with Gasteiger partial charge in [0.2, 0.25) is 5.91 Å². The Morgan fingerprint density at radius 1 is 0.917 bits per heavy atom. The van der Waals surface area contributed by atoms with Crippen LogP contribution in [-0.4, -0.2) is 43.2 Å². The minimum absolute atomic E-state index is 0.0216. The minimum atomic E-state index is -0.540. The van der Waals surface area contributed by atoms with Gasteiger partial charge in [-0.05, 0) is 90.0 Å². The average Bonchev–Trinajstić information content (AvgIpc) is 3.60. The zero-order chi connectivity index (χ0) is 33.6. The molecule has 0 unspecified atom stereocenters. The van der Waals surface area contributed by atoms with Crippen molar-refractivity contribution in [1.29, 1.82) is 0 Å². The number of amides is 1. The SMILES string of the molecule is CC(C)C[C@H](NC(=O)[C@H](CCc1ccccc1)CC(=O)OCC1c2ccccc2-c2ccccc21)B1O[C@@H]2C[C@@H]3C[C@@H](C3(C)C)[C@]2(C)O1. The highest BCUT2D eigenvalue weighted by atomic mass is 16.7. The Bertz CT molecular complexity index is 1600. The Morgan fingerprint density at radius 2 is 1.56 bits per heavy atom. The number of ether oxygens (including phenoxy) is 1. The van der Waals surface area contributed by atoms with Crippen molar-refractivity contribution >= 4 is 19.0 Å². The van der Waals surface area contributed by atoms with Crippen LogP contribution >= 0.6 is 0 Å². The minimum Gasteiger partial charge on any atom is -0.465 e.